The van der Waals surface area contributed by atoms with Crippen molar-refractivity contribution in [3.63, 3.8) is 0 Å². The quantitative estimate of drug-likeness (QED) is 0.637. The molecule has 0 fully saturated rings. The highest BCUT2D eigenvalue weighted by Gasteiger charge is 2.09. The maximum absolute atomic E-state index is 13.3. The fourth-order valence-electron chi connectivity index (χ4n) is 2.55. The zero-order chi connectivity index (χ0) is 18.4. The first kappa shape index (κ1) is 17.7. The molecule has 0 unspecified atom stereocenters. The van der Waals surface area contributed by atoms with Gasteiger partial charge in [0.1, 0.15) is 17.4 Å². The summed E-state index contributed by atoms with van der Waals surface area (Å²) in [5.41, 5.74) is 1.22. The van der Waals surface area contributed by atoms with Crippen LogP contribution < -0.4 is 15.4 Å². The number of halogens is 1. The number of hydrogen-bond acceptors (Lipinski definition) is 4. The number of nitrogens with zero attached hydrogens (tertiary/aromatic N) is 3. The van der Waals surface area contributed by atoms with Crippen LogP contribution in [0.3, 0.4) is 0 Å². The van der Waals surface area contributed by atoms with Crippen LogP contribution in [-0.2, 0) is 6.42 Å². The molecule has 2 amide bonds. The highest BCUT2D eigenvalue weighted by molar-refractivity contribution is 5.90. The molecule has 0 spiro atoms. The van der Waals surface area contributed by atoms with E-state index in [9.17, 15) is 9.18 Å². The normalized spacial score (nSPS) is 10.7. The van der Waals surface area contributed by atoms with Crippen LogP contribution in [0.5, 0.6) is 5.75 Å². The van der Waals surface area contributed by atoms with E-state index in [4.69, 9.17) is 4.74 Å². The van der Waals surface area contributed by atoms with Crippen molar-refractivity contribution in [3.05, 3.63) is 54.2 Å². The standard InChI is InChI=1S/C18H20FN5O2/c1-2-26-15-12-13(19)8-9-14(15)21-18(25)20-10-5-7-17-23-22-16-6-3-4-11-24(16)17/h3-4,6,8-9,11-12H,2,5,7,10H2,1H3,(H2,20,21,25). The van der Waals surface area contributed by atoms with Gasteiger partial charge in [0.2, 0.25) is 0 Å². The number of benzene rings is 1. The number of carbonyl (C=O) groups is 1. The van der Waals surface area contributed by atoms with Gasteiger partial charge in [-0.15, -0.1) is 10.2 Å². The molecule has 2 aromatic heterocycles. The molecule has 0 aliphatic heterocycles. The second-order valence-corrected chi connectivity index (χ2v) is 5.60. The Morgan fingerprint density at radius 2 is 2.15 bits per heavy atom. The van der Waals surface area contributed by atoms with Crippen molar-refractivity contribution in [1.29, 1.82) is 0 Å². The minimum absolute atomic E-state index is 0.303. The number of nitrogens with one attached hydrogen (secondary N) is 2. The van der Waals surface area contributed by atoms with Gasteiger partial charge in [0.15, 0.2) is 5.65 Å². The first-order valence-electron chi connectivity index (χ1n) is 8.43. The molecule has 0 aliphatic rings. The van der Waals surface area contributed by atoms with Crippen molar-refractivity contribution in [3.8, 4) is 5.75 Å². The molecule has 3 aromatic rings. The molecule has 2 N–H and O–H groups in total. The predicted molar refractivity (Wildman–Crippen MR) is 95.9 cm³/mol. The molecule has 0 saturated heterocycles. The molecule has 8 heteroatoms. The summed E-state index contributed by atoms with van der Waals surface area (Å²) in [6.45, 7) is 2.65. The molecule has 2 heterocycles. The highest BCUT2D eigenvalue weighted by atomic mass is 19.1. The lowest BCUT2D eigenvalue weighted by Crippen LogP contribution is -2.30. The molecule has 1 aromatic carbocycles. The Kier molecular flexibility index (Phi) is 5.62. The van der Waals surface area contributed by atoms with Gasteiger partial charge in [-0.2, -0.15) is 0 Å². The number of ether oxygens (including phenoxy) is 1. The Balaban J connectivity index is 1.49. The number of urea groups is 1. The summed E-state index contributed by atoms with van der Waals surface area (Å²) < 4.78 is 20.5. The lowest BCUT2D eigenvalue weighted by molar-refractivity contribution is 0.251. The number of carbonyl (C=O) groups excluding carboxylic acids is 1. The fraction of sp³-hybridized carbons (Fsp3) is 0.278. The fourth-order valence-corrected chi connectivity index (χ4v) is 2.55. The first-order chi connectivity index (χ1) is 12.7. The SMILES string of the molecule is CCOc1cc(F)ccc1NC(=O)NCCCc1nnc2ccccn12. The third-order valence-corrected chi connectivity index (χ3v) is 3.74. The Bertz CT molecular complexity index is 896. The average molecular weight is 357 g/mol. The van der Waals surface area contributed by atoms with Gasteiger partial charge in [0.25, 0.3) is 0 Å². The summed E-state index contributed by atoms with van der Waals surface area (Å²) in [6.07, 6.45) is 3.31. The summed E-state index contributed by atoms with van der Waals surface area (Å²) in [5.74, 6) is 0.734. The van der Waals surface area contributed by atoms with E-state index in [0.29, 0.717) is 37.4 Å². The van der Waals surface area contributed by atoms with Crippen LogP contribution in [-0.4, -0.2) is 33.8 Å². The van der Waals surface area contributed by atoms with Crippen LogP contribution in [0.15, 0.2) is 42.6 Å². The molecule has 0 bridgehead atoms. The number of fused-ring (bicyclic) bond motifs is 1. The molecule has 0 radical (unpaired) electrons. The Labute approximate surface area is 150 Å². The minimum atomic E-state index is -0.417. The van der Waals surface area contributed by atoms with Gasteiger partial charge in [0.05, 0.1) is 12.3 Å². The molecule has 0 atom stereocenters. The zero-order valence-electron chi connectivity index (χ0n) is 14.4. The van der Waals surface area contributed by atoms with Crippen LogP contribution in [0.2, 0.25) is 0 Å². The number of anilines is 1. The van der Waals surface area contributed by atoms with E-state index >= 15 is 0 Å². The minimum Gasteiger partial charge on any atom is -0.492 e. The second-order valence-electron chi connectivity index (χ2n) is 5.60. The van der Waals surface area contributed by atoms with Crippen molar-refractivity contribution in [2.45, 2.75) is 19.8 Å². The summed E-state index contributed by atoms with van der Waals surface area (Å²) >= 11 is 0. The van der Waals surface area contributed by atoms with Crippen molar-refractivity contribution in [2.24, 2.45) is 0 Å². The zero-order valence-corrected chi connectivity index (χ0v) is 14.4. The number of aryl methyl sites for hydroxylation is 1. The van der Waals surface area contributed by atoms with Crippen LogP contribution >= 0.6 is 0 Å². The number of amides is 2. The van der Waals surface area contributed by atoms with Crippen molar-refractivity contribution >= 4 is 17.4 Å². The van der Waals surface area contributed by atoms with E-state index in [1.54, 1.807) is 6.92 Å². The molecule has 26 heavy (non-hydrogen) atoms. The monoisotopic (exact) mass is 357 g/mol. The number of pyridine rings is 1. The Morgan fingerprint density at radius 1 is 1.27 bits per heavy atom. The van der Waals surface area contributed by atoms with Gasteiger partial charge in [-0.3, -0.25) is 4.40 Å². The lowest BCUT2D eigenvalue weighted by atomic mass is 10.3. The van der Waals surface area contributed by atoms with E-state index in [-0.39, 0.29) is 6.03 Å². The molecule has 0 saturated carbocycles. The third-order valence-electron chi connectivity index (χ3n) is 3.74. The average Bonchev–Trinajstić information content (AvgIpc) is 3.05. The number of aromatic nitrogens is 3. The van der Waals surface area contributed by atoms with Crippen LogP contribution in [0.25, 0.3) is 5.65 Å². The van der Waals surface area contributed by atoms with Gasteiger partial charge >= 0.3 is 6.03 Å². The topological polar surface area (TPSA) is 80.5 Å². The maximum Gasteiger partial charge on any atom is 0.319 e. The Hall–Kier alpha value is -3.16. The van der Waals surface area contributed by atoms with Gasteiger partial charge in [-0.1, -0.05) is 6.07 Å². The number of hydrogen-bond donors (Lipinski definition) is 2. The molecular weight excluding hydrogens is 337 g/mol. The van der Waals surface area contributed by atoms with E-state index in [0.717, 1.165) is 11.5 Å². The van der Waals surface area contributed by atoms with E-state index in [2.05, 4.69) is 20.8 Å². The molecule has 7 nitrogen and oxygen atoms in total. The van der Waals surface area contributed by atoms with Crippen molar-refractivity contribution < 1.29 is 13.9 Å². The van der Waals surface area contributed by atoms with Crippen LogP contribution in [0, 0.1) is 5.82 Å². The van der Waals surface area contributed by atoms with E-state index in [1.807, 2.05) is 28.8 Å². The highest BCUT2D eigenvalue weighted by Crippen LogP contribution is 2.25. The van der Waals surface area contributed by atoms with Crippen molar-refractivity contribution in [1.82, 2.24) is 19.9 Å². The Morgan fingerprint density at radius 3 is 3.00 bits per heavy atom. The van der Waals surface area contributed by atoms with Crippen LogP contribution in [0.4, 0.5) is 14.9 Å². The summed E-state index contributed by atoms with van der Waals surface area (Å²) in [4.78, 5) is 12.0. The van der Waals surface area contributed by atoms with Crippen molar-refractivity contribution in [2.75, 3.05) is 18.5 Å². The molecule has 0 aliphatic carbocycles. The lowest BCUT2D eigenvalue weighted by Gasteiger charge is -2.12. The molecule has 3 rings (SSSR count). The van der Waals surface area contributed by atoms with Gasteiger partial charge in [-0.05, 0) is 37.6 Å². The van der Waals surface area contributed by atoms with Gasteiger partial charge < -0.3 is 15.4 Å². The largest absolute Gasteiger partial charge is 0.492 e. The smallest absolute Gasteiger partial charge is 0.319 e. The van der Waals surface area contributed by atoms with Crippen LogP contribution in [0.1, 0.15) is 19.2 Å². The second kappa shape index (κ2) is 8.28. The van der Waals surface area contributed by atoms with Gasteiger partial charge in [-0.25, -0.2) is 9.18 Å². The summed E-state index contributed by atoms with van der Waals surface area (Å²) in [5, 5.41) is 13.7. The third kappa shape index (κ3) is 4.27. The number of rotatable bonds is 7. The maximum atomic E-state index is 13.3. The molecule has 136 valence electrons. The van der Waals surface area contributed by atoms with Gasteiger partial charge in [0, 0.05) is 25.2 Å². The summed E-state index contributed by atoms with van der Waals surface area (Å²) in [6, 6.07) is 9.34. The summed E-state index contributed by atoms with van der Waals surface area (Å²) in [7, 11) is 0. The van der Waals surface area contributed by atoms with E-state index in [1.165, 1.54) is 18.2 Å². The molecular formula is C18H20FN5O2. The van der Waals surface area contributed by atoms with E-state index < -0.39 is 5.82 Å². The predicted octanol–water partition coefficient (Wildman–Crippen LogP) is 3.02. The first-order valence-corrected chi connectivity index (χ1v) is 8.43.